The number of fused-ring (bicyclic) bond motifs is 2. The minimum absolute atomic E-state index is 0.0232. The molecule has 14 nitrogen and oxygen atoms in total. The molecule has 0 unspecified atom stereocenters. The van der Waals surface area contributed by atoms with Gasteiger partial charge in [0.15, 0.2) is 0 Å². The van der Waals surface area contributed by atoms with Crippen molar-refractivity contribution in [1.82, 2.24) is 25.7 Å². The van der Waals surface area contributed by atoms with Crippen molar-refractivity contribution < 1.29 is 41.2 Å². The summed E-state index contributed by atoms with van der Waals surface area (Å²) in [5.41, 5.74) is 3.83. The lowest BCUT2D eigenvalue weighted by Gasteiger charge is -2.30. The summed E-state index contributed by atoms with van der Waals surface area (Å²) in [4.78, 5) is 52.3. The molecule has 0 aromatic heterocycles. The number of nitrogens with one attached hydrogen (secondary N) is 2. The molecule has 3 aliphatic rings. The fourth-order valence-corrected chi connectivity index (χ4v) is 4.36. The number of hydrogen-bond donors (Lipinski definition) is 3. The molecule has 3 fully saturated rings. The van der Waals surface area contributed by atoms with E-state index in [1.807, 2.05) is 0 Å². The van der Waals surface area contributed by atoms with E-state index in [0.29, 0.717) is 24.4 Å². The topological polar surface area (TPSA) is 175 Å². The second kappa shape index (κ2) is 8.71. The number of hydrazine groups is 1. The molecule has 3 N–H and O–H groups in total. The lowest BCUT2D eigenvalue weighted by atomic mass is 10.0. The van der Waals surface area contributed by atoms with Gasteiger partial charge in [-0.3, -0.25) is 29.9 Å². The van der Waals surface area contributed by atoms with E-state index in [9.17, 15) is 27.6 Å². The highest BCUT2D eigenvalue weighted by atomic mass is 32.3. The van der Waals surface area contributed by atoms with Crippen LogP contribution in [-0.2, 0) is 29.0 Å². The summed E-state index contributed by atoms with van der Waals surface area (Å²) in [7, 11) is -4.89. The zero-order chi connectivity index (χ0) is 23.8. The Kier molecular flexibility index (Phi) is 6.53. The first-order valence-corrected chi connectivity index (χ1v) is 11.5. The first-order valence-electron chi connectivity index (χ1n) is 10.1. The summed E-state index contributed by atoms with van der Waals surface area (Å²) >= 11 is 0. The standard InChI is InChI=1S/C17H27N5O9S/c1-17(2,3)30-16(26)20-8-4-5-11(20)13(23)18-19-14(24)12-7-6-10-9-21(12)15(25)22(10)31-32(27,28)29/h10-12H,4-9H2,1-3H3,(H,18,23)(H,19,24)(H,27,28,29)/t10-,11+,12+/m1/s1. The van der Waals surface area contributed by atoms with E-state index in [4.69, 9.17) is 9.29 Å². The quantitative estimate of drug-likeness (QED) is 0.357. The van der Waals surface area contributed by atoms with E-state index in [1.165, 1.54) is 4.90 Å². The Morgan fingerprint density at radius 1 is 1.06 bits per heavy atom. The number of amides is 5. The van der Waals surface area contributed by atoms with Crippen molar-refractivity contribution >= 4 is 34.3 Å². The molecule has 0 aromatic rings. The van der Waals surface area contributed by atoms with Gasteiger partial charge in [-0.15, -0.1) is 4.28 Å². The van der Waals surface area contributed by atoms with Gasteiger partial charge in [-0.05, 0) is 46.5 Å². The highest BCUT2D eigenvalue weighted by Gasteiger charge is 2.49. The summed E-state index contributed by atoms with van der Waals surface area (Å²) in [6, 6.07) is -3.31. The molecule has 5 amide bonds. The van der Waals surface area contributed by atoms with Gasteiger partial charge >= 0.3 is 22.5 Å². The van der Waals surface area contributed by atoms with Crippen molar-refractivity contribution in [3.8, 4) is 0 Å². The largest absolute Gasteiger partial charge is 0.444 e. The highest BCUT2D eigenvalue weighted by molar-refractivity contribution is 7.80. The molecular weight excluding hydrogens is 450 g/mol. The molecule has 0 radical (unpaired) electrons. The van der Waals surface area contributed by atoms with Crippen molar-refractivity contribution in [2.45, 2.75) is 70.2 Å². The van der Waals surface area contributed by atoms with Crippen LogP contribution in [-0.4, -0.2) is 88.6 Å². The van der Waals surface area contributed by atoms with Crippen molar-refractivity contribution in [2.24, 2.45) is 0 Å². The maximum atomic E-state index is 12.6. The van der Waals surface area contributed by atoms with E-state index in [2.05, 4.69) is 15.1 Å². The zero-order valence-electron chi connectivity index (χ0n) is 17.9. The van der Waals surface area contributed by atoms with Gasteiger partial charge in [0.05, 0.1) is 6.04 Å². The number of carbonyl (C=O) groups is 4. The minimum atomic E-state index is -4.89. The Morgan fingerprint density at radius 2 is 1.69 bits per heavy atom. The number of urea groups is 1. The van der Waals surface area contributed by atoms with Gasteiger partial charge < -0.3 is 9.64 Å². The molecule has 3 atom stereocenters. The second-order valence-electron chi connectivity index (χ2n) is 8.82. The van der Waals surface area contributed by atoms with E-state index in [1.54, 1.807) is 20.8 Å². The molecule has 3 rings (SSSR count). The molecule has 32 heavy (non-hydrogen) atoms. The van der Waals surface area contributed by atoms with Crippen LogP contribution in [0.2, 0.25) is 0 Å². The second-order valence-corrected chi connectivity index (χ2v) is 9.82. The first kappa shape index (κ1) is 24.0. The predicted octanol–water partition coefficient (Wildman–Crippen LogP) is -0.464. The summed E-state index contributed by atoms with van der Waals surface area (Å²) in [6.07, 6.45) is 0.816. The van der Waals surface area contributed by atoms with Crippen LogP contribution in [0.25, 0.3) is 0 Å². The van der Waals surface area contributed by atoms with Crippen LogP contribution < -0.4 is 10.9 Å². The Balaban J connectivity index is 1.56. The number of piperidine rings is 1. The summed E-state index contributed by atoms with van der Waals surface area (Å²) in [6.45, 7) is 5.51. The Bertz CT molecular complexity index is 903. The van der Waals surface area contributed by atoms with Crippen LogP contribution in [0.15, 0.2) is 0 Å². The predicted molar refractivity (Wildman–Crippen MR) is 106 cm³/mol. The van der Waals surface area contributed by atoms with Gasteiger partial charge in [0.25, 0.3) is 11.8 Å². The molecule has 0 saturated carbocycles. The van der Waals surface area contributed by atoms with E-state index < -0.39 is 58.1 Å². The van der Waals surface area contributed by atoms with Crippen LogP contribution in [0.1, 0.15) is 46.5 Å². The molecule has 0 aliphatic carbocycles. The van der Waals surface area contributed by atoms with Crippen LogP contribution in [0.5, 0.6) is 0 Å². The number of rotatable bonds is 4. The third-order valence-corrected chi connectivity index (χ3v) is 5.64. The van der Waals surface area contributed by atoms with Crippen LogP contribution >= 0.6 is 0 Å². The lowest BCUT2D eigenvalue weighted by Crippen LogP contribution is -2.57. The molecule has 0 aromatic carbocycles. The number of ether oxygens (including phenoxy) is 1. The molecule has 2 bridgehead atoms. The van der Waals surface area contributed by atoms with E-state index >= 15 is 0 Å². The smallest absolute Gasteiger partial charge is 0.418 e. The number of hydrogen-bond acceptors (Lipinski definition) is 8. The summed E-state index contributed by atoms with van der Waals surface area (Å²) < 4.78 is 40.4. The van der Waals surface area contributed by atoms with Gasteiger partial charge in [-0.1, -0.05) is 0 Å². The Hall–Kier alpha value is -2.65. The molecule has 0 spiro atoms. The molecule has 3 saturated heterocycles. The van der Waals surface area contributed by atoms with Crippen molar-refractivity contribution in [1.29, 1.82) is 0 Å². The van der Waals surface area contributed by atoms with Gasteiger partial charge in [-0.2, -0.15) is 13.5 Å². The minimum Gasteiger partial charge on any atom is -0.444 e. The fourth-order valence-electron chi connectivity index (χ4n) is 3.97. The van der Waals surface area contributed by atoms with Crippen molar-refractivity contribution in [3.05, 3.63) is 0 Å². The van der Waals surface area contributed by atoms with Crippen LogP contribution in [0, 0.1) is 0 Å². The summed E-state index contributed by atoms with van der Waals surface area (Å²) in [5, 5.41) is 0.526. The third-order valence-electron chi connectivity index (χ3n) is 5.29. The average Bonchev–Trinajstić information content (AvgIpc) is 3.24. The molecule has 15 heteroatoms. The van der Waals surface area contributed by atoms with Crippen LogP contribution in [0.3, 0.4) is 0 Å². The first-order chi connectivity index (χ1) is 14.8. The number of likely N-dealkylation sites (tertiary alicyclic amines) is 1. The molecule has 3 aliphatic heterocycles. The zero-order valence-corrected chi connectivity index (χ0v) is 18.8. The molecular formula is C17H27N5O9S. The van der Waals surface area contributed by atoms with E-state index in [0.717, 1.165) is 4.90 Å². The van der Waals surface area contributed by atoms with Gasteiger partial charge in [-0.25, -0.2) is 9.59 Å². The normalized spacial score (nSPS) is 25.7. The fraction of sp³-hybridized carbons (Fsp3) is 0.765. The van der Waals surface area contributed by atoms with E-state index in [-0.39, 0.29) is 19.4 Å². The SMILES string of the molecule is CC(C)(C)OC(=O)N1CCC[C@H]1C(=O)NNC(=O)[C@@H]1CC[C@@H]2CN1C(=O)N2OS(=O)(=O)O. The number of hydroxylamine groups is 2. The molecule has 3 heterocycles. The van der Waals surface area contributed by atoms with Gasteiger partial charge in [0.1, 0.15) is 17.7 Å². The molecule has 180 valence electrons. The maximum Gasteiger partial charge on any atom is 0.418 e. The van der Waals surface area contributed by atoms with Gasteiger partial charge in [0, 0.05) is 13.1 Å². The Labute approximate surface area is 185 Å². The number of nitrogens with zero attached hydrogens (tertiary/aromatic N) is 3. The van der Waals surface area contributed by atoms with Crippen LogP contribution in [0.4, 0.5) is 9.59 Å². The lowest BCUT2D eigenvalue weighted by molar-refractivity contribution is -0.133. The third kappa shape index (κ3) is 5.39. The van der Waals surface area contributed by atoms with Gasteiger partial charge in [0.2, 0.25) is 0 Å². The summed E-state index contributed by atoms with van der Waals surface area (Å²) in [5.74, 6) is -1.28. The van der Waals surface area contributed by atoms with Crippen molar-refractivity contribution in [2.75, 3.05) is 13.1 Å². The number of carbonyl (C=O) groups excluding carboxylic acids is 4. The Morgan fingerprint density at radius 3 is 2.28 bits per heavy atom. The monoisotopic (exact) mass is 477 g/mol. The highest BCUT2D eigenvalue weighted by Crippen LogP contribution is 2.30. The van der Waals surface area contributed by atoms with Crippen molar-refractivity contribution in [3.63, 3.8) is 0 Å². The average molecular weight is 477 g/mol. The maximum absolute atomic E-state index is 12.6.